The first-order valence-electron chi connectivity index (χ1n) is 3.76. The number of benzene rings is 1. The van der Waals surface area contributed by atoms with Crippen molar-refractivity contribution >= 4 is 23.0 Å². The van der Waals surface area contributed by atoms with Crippen molar-refractivity contribution in [3.05, 3.63) is 28.0 Å². The monoisotopic (exact) mass is 193 g/mol. The molecule has 0 radical (unpaired) electrons. The number of anilines is 1. The Morgan fingerprint density at radius 1 is 1.29 bits per heavy atom. The predicted octanol–water partition coefficient (Wildman–Crippen LogP) is 2.44. The number of nitrogens with zero attached hydrogens (tertiary/aromatic N) is 2. The van der Waals surface area contributed by atoms with Gasteiger partial charge in [0.15, 0.2) is 5.69 Å². The van der Waals surface area contributed by atoms with Gasteiger partial charge in [0, 0.05) is 6.92 Å². The van der Waals surface area contributed by atoms with Crippen molar-refractivity contribution in [3.8, 4) is 0 Å². The summed E-state index contributed by atoms with van der Waals surface area (Å²) in [5.74, 6) is -0.349. The van der Waals surface area contributed by atoms with Gasteiger partial charge in [0.25, 0.3) is 0 Å². The average molecular weight is 193 g/mol. The van der Waals surface area contributed by atoms with Gasteiger partial charge in [-0.2, -0.15) is 0 Å². The highest BCUT2D eigenvalue weighted by molar-refractivity contribution is 5.94. The molecule has 0 saturated carbocycles. The zero-order chi connectivity index (χ0) is 10.6. The second-order valence-corrected chi connectivity index (χ2v) is 2.54. The van der Waals surface area contributed by atoms with Crippen molar-refractivity contribution in [3.63, 3.8) is 0 Å². The minimum Gasteiger partial charge on any atom is -0.324 e. The van der Waals surface area contributed by atoms with Crippen LogP contribution in [-0.2, 0) is 4.79 Å². The lowest BCUT2D eigenvalue weighted by molar-refractivity contribution is -0.114. The van der Waals surface area contributed by atoms with E-state index in [0.29, 0.717) is 0 Å². The van der Waals surface area contributed by atoms with Crippen LogP contribution in [0.4, 0.5) is 17.1 Å². The van der Waals surface area contributed by atoms with Gasteiger partial charge >= 0.3 is 0 Å². The fraction of sp³-hybridized carbons (Fsp3) is 0.125. The maximum Gasteiger partial charge on any atom is 0.221 e. The van der Waals surface area contributed by atoms with Gasteiger partial charge in [-0.25, -0.2) is 0 Å². The number of hydrogen-bond acceptors (Lipinski definition) is 5. The molecule has 6 nitrogen and oxygen atoms in total. The first-order valence-corrected chi connectivity index (χ1v) is 3.76. The fourth-order valence-corrected chi connectivity index (χ4v) is 0.991. The molecular weight excluding hydrogens is 186 g/mol. The Balaban J connectivity index is 3.21. The first-order chi connectivity index (χ1) is 6.69. The third-order valence-corrected chi connectivity index (χ3v) is 1.52. The van der Waals surface area contributed by atoms with Gasteiger partial charge in [-0.05, 0) is 22.5 Å². The summed E-state index contributed by atoms with van der Waals surface area (Å²) in [5.41, 5.74) is -0.0615. The smallest absolute Gasteiger partial charge is 0.221 e. The zero-order valence-corrected chi connectivity index (χ0v) is 7.35. The van der Waals surface area contributed by atoms with Crippen LogP contribution in [0.5, 0.6) is 0 Å². The fourth-order valence-electron chi connectivity index (χ4n) is 0.991. The molecule has 6 heteroatoms. The van der Waals surface area contributed by atoms with Crippen LogP contribution >= 0.6 is 0 Å². The summed E-state index contributed by atoms with van der Waals surface area (Å²) >= 11 is 0. The Morgan fingerprint density at radius 2 is 2.00 bits per heavy atom. The van der Waals surface area contributed by atoms with E-state index in [4.69, 9.17) is 0 Å². The third-order valence-electron chi connectivity index (χ3n) is 1.52. The number of nitroso groups, excluding NO2 is 2. The number of carbonyl (C=O) groups excluding carboxylic acids is 1. The summed E-state index contributed by atoms with van der Waals surface area (Å²) in [7, 11) is 0. The Hall–Kier alpha value is -2.11. The van der Waals surface area contributed by atoms with Gasteiger partial charge in [0.1, 0.15) is 5.69 Å². The highest BCUT2D eigenvalue weighted by atomic mass is 16.3. The van der Waals surface area contributed by atoms with Gasteiger partial charge < -0.3 is 5.32 Å². The lowest BCUT2D eigenvalue weighted by atomic mass is 10.2. The summed E-state index contributed by atoms with van der Waals surface area (Å²) in [6, 6.07) is 4.30. The second kappa shape index (κ2) is 4.22. The van der Waals surface area contributed by atoms with Crippen LogP contribution in [0.3, 0.4) is 0 Å². The van der Waals surface area contributed by atoms with Crippen LogP contribution in [0.25, 0.3) is 0 Å². The zero-order valence-electron chi connectivity index (χ0n) is 7.35. The summed E-state index contributed by atoms with van der Waals surface area (Å²) in [4.78, 5) is 31.4. The minimum absolute atomic E-state index is 0.0914. The topological polar surface area (TPSA) is 88.0 Å². The van der Waals surface area contributed by atoms with E-state index in [0.717, 1.165) is 0 Å². The summed E-state index contributed by atoms with van der Waals surface area (Å²) in [6.07, 6.45) is 0. The highest BCUT2D eigenvalue weighted by Crippen LogP contribution is 2.35. The Kier molecular flexibility index (Phi) is 3.01. The van der Waals surface area contributed by atoms with Crippen molar-refractivity contribution in [2.75, 3.05) is 5.32 Å². The molecule has 14 heavy (non-hydrogen) atoms. The van der Waals surface area contributed by atoms with Crippen molar-refractivity contribution < 1.29 is 4.79 Å². The number of hydrogen-bond donors (Lipinski definition) is 1. The maximum absolute atomic E-state index is 10.7. The SMILES string of the molecule is CC(=O)Nc1cccc(N=O)c1N=O. The van der Waals surface area contributed by atoms with Gasteiger partial charge in [-0.1, -0.05) is 6.07 Å². The molecule has 0 atom stereocenters. The van der Waals surface area contributed by atoms with Crippen LogP contribution in [-0.4, -0.2) is 5.91 Å². The Labute approximate surface area is 79.3 Å². The molecular formula is C8H7N3O3. The molecule has 0 saturated heterocycles. The molecule has 1 amide bonds. The number of amides is 1. The summed E-state index contributed by atoms with van der Waals surface area (Å²) in [5, 5.41) is 7.62. The standard InChI is InChI=1S/C8H7N3O3/c1-5(12)9-6-3-2-4-7(10-13)8(6)11-14/h2-4H,1H3,(H,9,12). The molecule has 0 aliphatic rings. The van der Waals surface area contributed by atoms with Crippen molar-refractivity contribution in [1.29, 1.82) is 0 Å². The molecule has 0 aromatic heterocycles. The number of carbonyl (C=O) groups is 1. The highest BCUT2D eigenvalue weighted by Gasteiger charge is 2.10. The van der Waals surface area contributed by atoms with Gasteiger partial charge in [0.05, 0.1) is 5.69 Å². The van der Waals surface area contributed by atoms with Crippen LogP contribution in [0.2, 0.25) is 0 Å². The van der Waals surface area contributed by atoms with Crippen LogP contribution in [0, 0.1) is 9.81 Å². The Morgan fingerprint density at radius 3 is 2.50 bits per heavy atom. The van der Waals surface area contributed by atoms with E-state index in [-0.39, 0.29) is 23.0 Å². The van der Waals surface area contributed by atoms with E-state index in [1.54, 1.807) is 0 Å². The third kappa shape index (κ3) is 1.98. The molecule has 0 bridgehead atoms. The van der Waals surface area contributed by atoms with E-state index in [2.05, 4.69) is 15.7 Å². The lowest BCUT2D eigenvalue weighted by Crippen LogP contribution is -2.05. The Bertz CT molecular complexity index is 389. The largest absolute Gasteiger partial charge is 0.324 e. The van der Waals surface area contributed by atoms with Gasteiger partial charge in [-0.3, -0.25) is 4.79 Å². The lowest BCUT2D eigenvalue weighted by Gasteiger charge is -2.03. The number of rotatable bonds is 3. The number of nitrogens with one attached hydrogen (secondary N) is 1. The van der Waals surface area contributed by atoms with E-state index in [1.165, 1.54) is 25.1 Å². The molecule has 0 fully saturated rings. The summed E-state index contributed by atoms with van der Waals surface area (Å²) < 4.78 is 0. The van der Waals surface area contributed by atoms with Crippen molar-refractivity contribution in [2.45, 2.75) is 6.92 Å². The molecule has 0 aliphatic carbocycles. The second-order valence-electron chi connectivity index (χ2n) is 2.54. The molecule has 0 spiro atoms. The maximum atomic E-state index is 10.7. The average Bonchev–Trinajstić information content (AvgIpc) is 2.16. The van der Waals surface area contributed by atoms with Crippen molar-refractivity contribution in [2.24, 2.45) is 10.4 Å². The van der Waals surface area contributed by atoms with Crippen LogP contribution in [0.1, 0.15) is 6.92 Å². The van der Waals surface area contributed by atoms with Crippen molar-refractivity contribution in [1.82, 2.24) is 0 Å². The normalized spacial score (nSPS) is 9.21. The molecule has 1 aromatic carbocycles. The van der Waals surface area contributed by atoms with Crippen LogP contribution < -0.4 is 5.32 Å². The molecule has 0 heterocycles. The molecule has 1 N–H and O–H groups in total. The van der Waals surface area contributed by atoms with E-state index < -0.39 is 0 Å². The predicted molar refractivity (Wildman–Crippen MR) is 51.7 cm³/mol. The van der Waals surface area contributed by atoms with E-state index in [9.17, 15) is 14.6 Å². The molecule has 0 unspecified atom stereocenters. The van der Waals surface area contributed by atoms with Gasteiger partial charge in [0.2, 0.25) is 5.91 Å². The van der Waals surface area contributed by atoms with E-state index >= 15 is 0 Å². The molecule has 1 rings (SSSR count). The molecule has 1 aromatic rings. The molecule has 0 aliphatic heterocycles. The summed E-state index contributed by atoms with van der Waals surface area (Å²) in [6.45, 7) is 1.29. The molecule has 72 valence electrons. The minimum atomic E-state index is -0.349. The van der Waals surface area contributed by atoms with E-state index in [1.807, 2.05) is 0 Å². The van der Waals surface area contributed by atoms with Crippen LogP contribution in [0.15, 0.2) is 28.6 Å². The quantitative estimate of drug-likeness (QED) is 0.747. The first kappa shape index (κ1) is 9.97. The van der Waals surface area contributed by atoms with Gasteiger partial charge in [-0.15, -0.1) is 9.81 Å².